The molecule has 12 heteroatoms. The van der Waals surface area contributed by atoms with Gasteiger partial charge >= 0.3 is 0 Å². The number of likely N-dealkylation sites (N-methyl/N-ethyl adjacent to an activating group) is 1. The molecular formula is C22H34N6O5S. The van der Waals surface area contributed by atoms with Crippen LogP contribution in [0.3, 0.4) is 0 Å². The maximum Gasteiger partial charge on any atom is 0.282 e. The summed E-state index contributed by atoms with van der Waals surface area (Å²) >= 11 is 0. The highest BCUT2D eigenvalue weighted by Crippen LogP contribution is 2.30. The molecule has 3 heterocycles. The summed E-state index contributed by atoms with van der Waals surface area (Å²) in [4.78, 5) is 30.2. The van der Waals surface area contributed by atoms with Crippen molar-refractivity contribution < 1.29 is 18.1 Å². The van der Waals surface area contributed by atoms with Gasteiger partial charge in [0.15, 0.2) is 0 Å². The summed E-state index contributed by atoms with van der Waals surface area (Å²) in [6.45, 7) is 7.06. The van der Waals surface area contributed by atoms with E-state index in [-0.39, 0.29) is 37.8 Å². The highest BCUT2D eigenvalue weighted by molar-refractivity contribution is 7.86. The average molecular weight is 495 g/mol. The van der Waals surface area contributed by atoms with Crippen molar-refractivity contribution in [2.75, 3.05) is 77.4 Å². The Labute approximate surface area is 201 Å². The Bertz CT molecular complexity index is 1010. The number of non-ortho nitro benzene ring substituents is 1. The van der Waals surface area contributed by atoms with Gasteiger partial charge in [0.05, 0.1) is 16.2 Å². The Morgan fingerprint density at radius 1 is 0.941 bits per heavy atom. The summed E-state index contributed by atoms with van der Waals surface area (Å²) in [6.07, 6.45) is 2.01. The number of benzene rings is 1. The fourth-order valence-electron chi connectivity index (χ4n) is 4.81. The Balaban J connectivity index is 1.48. The van der Waals surface area contributed by atoms with Gasteiger partial charge in [-0.1, -0.05) is 6.92 Å². The summed E-state index contributed by atoms with van der Waals surface area (Å²) in [6, 6.07) is 4.49. The fraction of sp³-hybridized carbons (Fsp3) is 0.682. The lowest BCUT2D eigenvalue weighted by Crippen LogP contribution is -2.57. The molecule has 0 spiro atoms. The standard InChI is InChI=1S/C22H34N6O5S/c1-18-5-7-24(8-6-18)21-4-3-19(28(30)31)17-20(21)22(29)25-11-15-27(16-12-25)34(32,33)26-13-9-23(2)10-14-26/h3-4,17-18H,5-16H2,1-2H3. The molecule has 0 aromatic heterocycles. The van der Waals surface area contributed by atoms with Crippen LogP contribution in [0.5, 0.6) is 0 Å². The topological polar surface area (TPSA) is 111 Å². The molecule has 4 rings (SSSR count). The number of carbonyl (C=O) groups is 1. The Hall–Kier alpha value is -2.28. The third kappa shape index (κ3) is 5.19. The molecule has 3 fully saturated rings. The summed E-state index contributed by atoms with van der Waals surface area (Å²) in [5.41, 5.74) is 0.919. The normalized spacial score (nSPS) is 22.2. The van der Waals surface area contributed by atoms with Crippen molar-refractivity contribution in [3.63, 3.8) is 0 Å². The van der Waals surface area contributed by atoms with E-state index in [1.165, 1.54) is 20.7 Å². The highest BCUT2D eigenvalue weighted by atomic mass is 32.2. The van der Waals surface area contributed by atoms with Gasteiger partial charge in [-0.15, -0.1) is 0 Å². The zero-order chi connectivity index (χ0) is 24.5. The minimum Gasteiger partial charge on any atom is -0.371 e. The predicted octanol–water partition coefficient (Wildman–Crippen LogP) is 1.08. The second kappa shape index (κ2) is 10.1. The van der Waals surface area contributed by atoms with E-state index in [9.17, 15) is 23.3 Å². The molecule has 3 aliphatic rings. The summed E-state index contributed by atoms with van der Waals surface area (Å²) in [5, 5.41) is 11.4. The van der Waals surface area contributed by atoms with E-state index in [1.54, 1.807) is 11.0 Å². The van der Waals surface area contributed by atoms with Crippen molar-refractivity contribution in [1.29, 1.82) is 0 Å². The third-order valence-electron chi connectivity index (χ3n) is 7.19. The maximum atomic E-state index is 13.5. The molecule has 1 aromatic rings. The summed E-state index contributed by atoms with van der Waals surface area (Å²) in [5.74, 6) is 0.331. The Morgan fingerprint density at radius 2 is 1.50 bits per heavy atom. The second-order valence-electron chi connectivity index (χ2n) is 9.53. The Morgan fingerprint density at radius 3 is 2.06 bits per heavy atom. The molecule has 0 radical (unpaired) electrons. The van der Waals surface area contributed by atoms with Crippen LogP contribution in [-0.2, 0) is 10.2 Å². The van der Waals surface area contributed by atoms with Gasteiger partial charge in [-0.05, 0) is 31.9 Å². The zero-order valence-corrected chi connectivity index (χ0v) is 20.7. The number of nitrogens with zero attached hydrogens (tertiary/aromatic N) is 6. The average Bonchev–Trinajstić information content (AvgIpc) is 2.84. The third-order valence-corrected chi connectivity index (χ3v) is 9.22. The van der Waals surface area contributed by atoms with E-state index in [0.717, 1.165) is 31.6 Å². The number of hydrogen-bond donors (Lipinski definition) is 0. The number of piperazine rings is 2. The number of piperidine rings is 1. The van der Waals surface area contributed by atoms with Gasteiger partial charge in [-0.2, -0.15) is 17.0 Å². The number of rotatable bonds is 5. The van der Waals surface area contributed by atoms with E-state index < -0.39 is 15.1 Å². The van der Waals surface area contributed by atoms with Crippen LogP contribution in [0.1, 0.15) is 30.1 Å². The van der Waals surface area contributed by atoms with Crippen LogP contribution >= 0.6 is 0 Å². The number of nitro groups is 1. The van der Waals surface area contributed by atoms with Gasteiger partial charge in [0.1, 0.15) is 0 Å². The van der Waals surface area contributed by atoms with Crippen LogP contribution in [0.15, 0.2) is 18.2 Å². The lowest BCUT2D eigenvalue weighted by molar-refractivity contribution is -0.384. The predicted molar refractivity (Wildman–Crippen MR) is 129 cm³/mol. The van der Waals surface area contributed by atoms with Crippen LogP contribution in [0, 0.1) is 16.0 Å². The first-order valence-electron chi connectivity index (χ1n) is 11.9. The zero-order valence-electron chi connectivity index (χ0n) is 19.9. The molecule has 0 saturated carbocycles. The van der Waals surface area contributed by atoms with Crippen LogP contribution < -0.4 is 4.90 Å². The molecule has 0 aliphatic carbocycles. The first-order valence-corrected chi connectivity index (χ1v) is 13.3. The van der Waals surface area contributed by atoms with Gasteiger partial charge in [0.25, 0.3) is 21.8 Å². The van der Waals surface area contributed by atoms with Gasteiger partial charge < -0.3 is 14.7 Å². The molecule has 0 atom stereocenters. The molecule has 3 saturated heterocycles. The maximum absolute atomic E-state index is 13.5. The first-order chi connectivity index (χ1) is 16.2. The van der Waals surface area contributed by atoms with Gasteiger partial charge in [-0.25, -0.2) is 0 Å². The summed E-state index contributed by atoms with van der Waals surface area (Å²) in [7, 11) is -1.59. The molecule has 1 aromatic carbocycles. The van der Waals surface area contributed by atoms with Crippen molar-refractivity contribution in [2.45, 2.75) is 19.8 Å². The highest BCUT2D eigenvalue weighted by Gasteiger charge is 2.35. The largest absolute Gasteiger partial charge is 0.371 e. The molecule has 0 bridgehead atoms. The van der Waals surface area contributed by atoms with Gasteiger partial charge in [0.2, 0.25) is 0 Å². The number of carbonyl (C=O) groups excluding carboxylic acids is 1. The number of hydrogen-bond acceptors (Lipinski definition) is 7. The molecule has 11 nitrogen and oxygen atoms in total. The van der Waals surface area contributed by atoms with E-state index in [1.807, 2.05) is 7.05 Å². The van der Waals surface area contributed by atoms with E-state index in [4.69, 9.17) is 0 Å². The minimum absolute atomic E-state index is 0.117. The number of nitro benzene ring substituents is 1. The first kappa shape index (κ1) is 24.8. The van der Waals surface area contributed by atoms with Crippen molar-refractivity contribution in [3.05, 3.63) is 33.9 Å². The Kier molecular flexibility index (Phi) is 7.41. The molecule has 34 heavy (non-hydrogen) atoms. The molecule has 3 aliphatic heterocycles. The lowest BCUT2D eigenvalue weighted by atomic mass is 9.97. The van der Waals surface area contributed by atoms with Crippen LogP contribution in [0.4, 0.5) is 11.4 Å². The van der Waals surface area contributed by atoms with Crippen molar-refractivity contribution >= 4 is 27.5 Å². The van der Waals surface area contributed by atoms with Gasteiger partial charge in [0, 0.05) is 77.6 Å². The van der Waals surface area contributed by atoms with Crippen molar-refractivity contribution in [1.82, 2.24) is 18.4 Å². The molecular weight excluding hydrogens is 460 g/mol. The molecule has 1 amide bonds. The monoisotopic (exact) mass is 494 g/mol. The number of anilines is 1. The van der Waals surface area contributed by atoms with Crippen molar-refractivity contribution in [3.8, 4) is 0 Å². The van der Waals surface area contributed by atoms with Crippen LogP contribution in [0.25, 0.3) is 0 Å². The molecule has 0 unspecified atom stereocenters. The minimum atomic E-state index is -3.57. The van der Waals surface area contributed by atoms with E-state index in [2.05, 4.69) is 16.7 Å². The van der Waals surface area contributed by atoms with Crippen LogP contribution in [-0.4, -0.2) is 110 Å². The van der Waals surface area contributed by atoms with Gasteiger partial charge in [-0.3, -0.25) is 14.9 Å². The molecule has 0 N–H and O–H groups in total. The van der Waals surface area contributed by atoms with E-state index in [0.29, 0.717) is 37.7 Å². The number of amides is 1. The fourth-order valence-corrected chi connectivity index (χ4v) is 6.38. The smallest absolute Gasteiger partial charge is 0.282 e. The van der Waals surface area contributed by atoms with Crippen LogP contribution in [0.2, 0.25) is 0 Å². The second-order valence-corrected chi connectivity index (χ2v) is 11.5. The van der Waals surface area contributed by atoms with Crippen molar-refractivity contribution in [2.24, 2.45) is 5.92 Å². The lowest BCUT2D eigenvalue weighted by Gasteiger charge is -2.39. The quantitative estimate of drug-likeness (QED) is 0.445. The SMILES string of the molecule is CC1CCN(c2ccc([N+](=O)[O-])cc2C(=O)N2CCN(S(=O)(=O)N3CCN(C)CC3)CC2)CC1. The van der Waals surface area contributed by atoms with E-state index >= 15 is 0 Å². The summed E-state index contributed by atoms with van der Waals surface area (Å²) < 4.78 is 29.1. The molecule has 188 valence electrons.